The van der Waals surface area contributed by atoms with Gasteiger partial charge in [-0.15, -0.1) is 0 Å². The number of amides is 1. The number of para-hydroxylation sites is 1. The summed E-state index contributed by atoms with van der Waals surface area (Å²) < 4.78 is 0. The lowest BCUT2D eigenvalue weighted by atomic mass is 9.97. The Hall–Kier alpha value is -2.64. The molecule has 0 unspecified atom stereocenters. The number of likely N-dealkylation sites (tertiary alicyclic amines) is 1. The summed E-state index contributed by atoms with van der Waals surface area (Å²) >= 11 is 1.65. The highest BCUT2D eigenvalue weighted by Crippen LogP contribution is 2.33. The zero-order valence-electron chi connectivity index (χ0n) is 15.5. The van der Waals surface area contributed by atoms with E-state index in [9.17, 15) is 4.79 Å². The third-order valence-corrected chi connectivity index (χ3v) is 5.91. The monoisotopic (exact) mass is 393 g/mol. The predicted molar refractivity (Wildman–Crippen MR) is 110 cm³/mol. The summed E-state index contributed by atoms with van der Waals surface area (Å²) in [6.07, 6.45) is 3.67. The lowest BCUT2D eigenvalue weighted by Crippen LogP contribution is -2.40. The first-order valence-corrected chi connectivity index (χ1v) is 10.3. The summed E-state index contributed by atoms with van der Waals surface area (Å²) in [6.45, 7) is 2.14. The molecule has 2 aromatic carbocycles. The van der Waals surface area contributed by atoms with Crippen LogP contribution in [0, 0.1) is 0 Å². The van der Waals surface area contributed by atoms with E-state index in [1.807, 2.05) is 42.5 Å². The molecule has 1 aliphatic rings. The number of rotatable bonds is 6. The SMILES string of the molecule is O=C(CN1CCC[C@@H](c2ncn[nH]2)C1)Nc1ccccc1Sc1ccccc1. The van der Waals surface area contributed by atoms with Crippen LogP contribution in [0.4, 0.5) is 5.69 Å². The Kier molecular flexibility index (Phi) is 6.04. The van der Waals surface area contributed by atoms with Crippen molar-refractivity contribution in [1.29, 1.82) is 0 Å². The highest BCUT2D eigenvalue weighted by Gasteiger charge is 2.24. The molecule has 1 saturated heterocycles. The maximum absolute atomic E-state index is 12.7. The minimum atomic E-state index is 0.0133. The molecule has 1 amide bonds. The lowest BCUT2D eigenvalue weighted by Gasteiger charge is -2.31. The molecule has 1 aliphatic heterocycles. The van der Waals surface area contributed by atoms with Gasteiger partial charge >= 0.3 is 0 Å². The number of aromatic amines is 1. The number of H-pyrrole nitrogens is 1. The van der Waals surface area contributed by atoms with Crippen molar-refractivity contribution in [3.05, 3.63) is 66.7 Å². The fourth-order valence-electron chi connectivity index (χ4n) is 3.50. The molecule has 0 aliphatic carbocycles. The number of anilines is 1. The van der Waals surface area contributed by atoms with Crippen molar-refractivity contribution in [1.82, 2.24) is 20.1 Å². The van der Waals surface area contributed by atoms with Crippen molar-refractivity contribution in [3.63, 3.8) is 0 Å². The van der Waals surface area contributed by atoms with Crippen molar-refractivity contribution in [2.45, 2.75) is 28.6 Å². The highest BCUT2D eigenvalue weighted by molar-refractivity contribution is 7.99. The van der Waals surface area contributed by atoms with Gasteiger partial charge in [-0.25, -0.2) is 4.98 Å². The van der Waals surface area contributed by atoms with Crippen LogP contribution in [0.1, 0.15) is 24.6 Å². The number of nitrogens with one attached hydrogen (secondary N) is 2. The van der Waals surface area contributed by atoms with Crippen LogP contribution >= 0.6 is 11.8 Å². The Bertz CT molecular complexity index is 900. The molecule has 0 bridgehead atoms. The quantitative estimate of drug-likeness (QED) is 0.667. The highest BCUT2D eigenvalue weighted by atomic mass is 32.2. The van der Waals surface area contributed by atoms with E-state index in [1.165, 1.54) is 0 Å². The fraction of sp³-hybridized carbons (Fsp3) is 0.286. The molecule has 7 heteroatoms. The minimum Gasteiger partial charge on any atom is -0.324 e. The largest absolute Gasteiger partial charge is 0.324 e. The van der Waals surface area contributed by atoms with E-state index in [2.05, 4.69) is 37.5 Å². The van der Waals surface area contributed by atoms with E-state index in [-0.39, 0.29) is 5.91 Å². The van der Waals surface area contributed by atoms with Gasteiger partial charge in [-0.2, -0.15) is 5.10 Å². The van der Waals surface area contributed by atoms with E-state index in [1.54, 1.807) is 18.1 Å². The van der Waals surface area contributed by atoms with Crippen molar-refractivity contribution in [2.75, 3.05) is 25.0 Å². The zero-order chi connectivity index (χ0) is 19.2. The number of carbonyl (C=O) groups is 1. The van der Waals surface area contributed by atoms with Gasteiger partial charge in [0.25, 0.3) is 0 Å². The van der Waals surface area contributed by atoms with Gasteiger partial charge in [0.1, 0.15) is 12.2 Å². The topological polar surface area (TPSA) is 73.9 Å². The van der Waals surface area contributed by atoms with Crippen LogP contribution in [0.2, 0.25) is 0 Å². The standard InChI is InChI=1S/C21H23N5OS/c27-20(14-26-12-6-7-16(13-26)21-22-15-23-25-21)24-18-10-4-5-11-19(18)28-17-8-2-1-3-9-17/h1-5,8-11,15-16H,6-7,12-14H2,(H,24,27)(H,22,23,25)/t16-/m1/s1. The molecule has 1 aromatic heterocycles. The molecule has 144 valence electrons. The van der Waals surface area contributed by atoms with E-state index in [0.717, 1.165) is 47.2 Å². The number of piperidine rings is 1. The molecule has 1 atom stereocenters. The van der Waals surface area contributed by atoms with Gasteiger partial charge in [-0.1, -0.05) is 42.1 Å². The Morgan fingerprint density at radius 3 is 2.82 bits per heavy atom. The van der Waals surface area contributed by atoms with Crippen LogP contribution in [0.25, 0.3) is 0 Å². The molecule has 4 rings (SSSR count). The second-order valence-electron chi connectivity index (χ2n) is 6.90. The molecule has 6 nitrogen and oxygen atoms in total. The smallest absolute Gasteiger partial charge is 0.238 e. The van der Waals surface area contributed by atoms with Gasteiger partial charge in [0, 0.05) is 22.3 Å². The molecule has 0 saturated carbocycles. The van der Waals surface area contributed by atoms with Gasteiger partial charge in [0.05, 0.1) is 12.2 Å². The summed E-state index contributed by atoms with van der Waals surface area (Å²) in [5.41, 5.74) is 0.852. The maximum atomic E-state index is 12.7. The van der Waals surface area contributed by atoms with Crippen LogP contribution in [0.3, 0.4) is 0 Å². The number of aromatic nitrogens is 3. The molecular weight excluding hydrogens is 370 g/mol. The lowest BCUT2D eigenvalue weighted by molar-refractivity contribution is -0.117. The first-order chi connectivity index (χ1) is 13.8. The average Bonchev–Trinajstić information content (AvgIpc) is 3.25. The molecule has 2 heterocycles. The van der Waals surface area contributed by atoms with Gasteiger partial charge in [-0.3, -0.25) is 14.8 Å². The molecule has 28 heavy (non-hydrogen) atoms. The molecule has 1 fully saturated rings. The number of hydrogen-bond acceptors (Lipinski definition) is 5. The summed E-state index contributed by atoms with van der Waals surface area (Å²) in [5, 5.41) is 10.00. The van der Waals surface area contributed by atoms with Crippen LogP contribution < -0.4 is 5.32 Å². The second kappa shape index (κ2) is 9.03. The average molecular weight is 394 g/mol. The number of nitrogens with zero attached hydrogens (tertiary/aromatic N) is 3. The van der Waals surface area contributed by atoms with E-state index in [0.29, 0.717) is 12.5 Å². The summed E-state index contributed by atoms with van der Waals surface area (Å²) in [7, 11) is 0. The zero-order valence-corrected chi connectivity index (χ0v) is 16.4. The van der Waals surface area contributed by atoms with Crippen molar-refractivity contribution < 1.29 is 4.79 Å². The predicted octanol–water partition coefficient (Wildman–Crippen LogP) is 3.77. The minimum absolute atomic E-state index is 0.0133. The Labute approximate surface area is 168 Å². The Balaban J connectivity index is 1.37. The normalized spacial score (nSPS) is 17.4. The van der Waals surface area contributed by atoms with E-state index < -0.39 is 0 Å². The van der Waals surface area contributed by atoms with Gasteiger partial charge in [0.15, 0.2) is 0 Å². The van der Waals surface area contributed by atoms with Crippen LogP contribution in [-0.4, -0.2) is 45.6 Å². The third kappa shape index (κ3) is 4.79. The molecule has 2 N–H and O–H groups in total. The molecule has 0 radical (unpaired) electrons. The van der Waals surface area contributed by atoms with Crippen molar-refractivity contribution in [2.24, 2.45) is 0 Å². The molecule has 3 aromatic rings. The number of benzene rings is 2. The van der Waals surface area contributed by atoms with Crippen LogP contribution in [0.5, 0.6) is 0 Å². The Morgan fingerprint density at radius 2 is 2.00 bits per heavy atom. The number of carbonyl (C=O) groups excluding carboxylic acids is 1. The first-order valence-electron chi connectivity index (χ1n) is 9.47. The molecule has 0 spiro atoms. The summed E-state index contributed by atoms with van der Waals surface area (Å²) in [6, 6.07) is 18.1. The maximum Gasteiger partial charge on any atom is 0.238 e. The van der Waals surface area contributed by atoms with Crippen LogP contribution in [-0.2, 0) is 4.79 Å². The van der Waals surface area contributed by atoms with Gasteiger partial charge < -0.3 is 5.32 Å². The fourth-order valence-corrected chi connectivity index (χ4v) is 4.42. The summed E-state index contributed by atoms with van der Waals surface area (Å²) in [5.74, 6) is 1.24. The first kappa shape index (κ1) is 18.7. The Morgan fingerprint density at radius 1 is 1.18 bits per heavy atom. The number of hydrogen-bond donors (Lipinski definition) is 2. The van der Waals surface area contributed by atoms with E-state index >= 15 is 0 Å². The van der Waals surface area contributed by atoms with E-state index in [4.69, 9.17) is 0 Å². The van der Waals surface area contributed by atoms with Crippen molar-refractivity contribution >= 4 is 23.4 Å². The third-order valence-electron chi connectivity index (χ3n) is 4.83. The van der Waals surface area contributed by atoms with Gasteiger partial charge in [-0.05, 0) is 43.7 Å². The second-order valence-corrected chi connectivity index (χ2v) is 8.02. The molecular formula is C21H23N5OS. The van der Waals surface area contributed by atoms with Crippen LogP contribution in [0.15, 0.2) is 70.7 Å². The van der Waals surface area contributed by atoms with Crippen molar-refractivity contribution in [3.8, 4) is 0 Å². The van der Waals surface area contributed by atoms with Gasteiger partial charge in [0.2, 0.25) is 5.91 Å². The summed E-state index contributed by atoms with van der Waals surface area (Å²) in [4.78, 5) is 21.3.